The zero-order valence-electron chi connectivity index (χ0n) is 13.1. The summed E-state index contributed by atoms with van der Waals surface area (Å²) in [5, 5.41) is 3.52. The van der Waals surface area contributed by atoms with Crippen molar-refractivity contribution in [1.29, 1.82) is 0 Å². The van der Waals surface area contributed by atoms with Gasteiger partial charge in [-0.2, -0.15) is 0 Å². The SMILES string of the molecule is CNC(CN(C)Cc1cccc(OC)c1)C1CCCC1. The first-order chi connectivity index (χ1) is 9.72. The number of nitrogens with one attached hydrogen (secondary N) is 1. The maximum absolute atomic E-state index is 5.29. The van der Waals surface area contributed by atoms with E-state index >= 15 is 0 Å². The van der Waals surface area contributed by atoms with Crippen LogP contribution in [0.4, 0.5) is 0 Å². The van der Waals surface area contributed by atoms with E-state index in [1.165, 1.54) is 31.2 Å². The molecule has 0 spiro atoms. The molecule has 1 unspecified atom stereocenters. The van der Waals surface area contributed by atoms with Gasteiger partial charge in [0.1, 0.15) is 5.75 Å². The second kappa shape index (κ2) is 7.65. The van der Waals surface area contributed by atoms with E-state index in [9.17, 15) is 0 Å². The van der Waals surface area contributed by atoms with Crippen LogP contribution in [0, 0.1) is 5.92 Å². The number of hydrogen-bond donors (Lipinski definition) is 1. The molecule has 1 fully saturated rings. The second-order valence-corrected chi connectivity index (χ2v) is 5.99. The summed E-state index contributed by atoms with van der Waals surface area (Å²) in [4.78, 5) is 2.41. The lowest BCUT2D eigenvalue weighted by atomic mass is 9.97. The van der Waals surface area contributed by atoms with Crippen LogP contribution in [-0.4, -0.2) is 38.7 Å². The molecule has 0 bridgehead atoms. The van der Waals surface area contributed by atoms with Crippen LogP contribution < -0.4 is 10.1 Å². The van der Waals surface area contributed by atoms with Crippen molar-refractivity contribution in [3.63, 3.8) is 0 Å². The minimum Gasteiger partial charge on any atom is -0.497 e. The summed E-state index contributed by atoms with van der Waals surface area (Å²) < 4.78 is 5.29. The number of benzene rings is 1. The Morgan fingerprint density at radius 2 is 2.10 bits per heavy atom. The van der Waals surface area contributed by atoms with Crippen molar-refractivity contribution in [2.75, 3.05) is 27.7 Å². The van der Waals surface area contributed by atoms with Gasteiger partial charge in [0.15, 0.2) is 0 Å². The lowest BCUT2D eigenvalue weighted by molar-refractivity contribution is 0.242. The highest BCUT2D eigenvalue weighted by Gasteiger charge is 2.24. The number of hydrogen-bond acceptors (Lipinski definition) is 3. The van der Waals surface area contributed by atoms with Crippen LogP contribution in [-0.2, 0) is 6.54 Å². The summed E-state index contributed by atoms with van der Waals surface area (Å²) in [6.45, 7) is 2.08. The molecule has 3 nitrogen and oxygen atoms in total. The van der Waals surface area contributed by atoms with Gasteiger partial charge in [-0.05, 0) is 50.6 Å². The molecule has 20 heavy (non-hydrogen) atoms. The number of likely N-dealkylation sites (N-methyl/N-ethyl adjacent to an activating group) is 2. The fraction of sp³-hybridized carbons (Fsp3) is 0.647. The van der Waals surface area contributed by atoms with E-state index in [1.54, 1.807) is 7.11 Å². The van der Waals surface area contributed by atoms with Gasteiger partial charge in [-0.25, -0.2) is 0 Å². The molecule has 112 valence electrons. The van der Waals surface area contributed by atoms with Crippen molar-refractivity contribution >= 4 is 0 Å². The molecular weight excluding hydrogens is 248 g/mol. The monoisotopic (exact) mass is 276 g/mol. The summed E-state index contributed by atoms with van der Waals surface area (Å²) in [6.07, 6.45) is 5.59. The Balaban J connectivity index is 1.88. The molecule has 1 aliphatic rings. The molecule has 1 aromatic carbocycles. The van der Waals surface area contributed by atoms with Crippen molar-refractivity contribution in [1.82, 2.24) is 10.2 Å². The van der Waals surface area contributed by atoms with E-state index in [-0.39, 0.29) is 0 Å². The highest BCUT2D eigenvalue weighted by atomic mass is 16.5. The molecule has 1 aliphatic carbocycles. The molecule has 0 aromatic heterocycles. The Bertz CT molecular complexity index is 402. The first-order valence-corrected chi connectivity index (χ1v) is 7.71. The average Bonchev–Trinajstić information content (AvgIpc) is 2.99. The molecule has 3 heteroatoms. The van der Waals surface area contributed by atoms with E-state index in [0.717, 1.165) is 24.8 Å². The molecule has 1 saturated carbocycles. The largest absolute Gasteiger partial charge is 0.497 e. The Morgan fingerprint density at radius 1 is 1.35 bits per heavy atom. The first kappa shape index (κ1) is 15.3. The maximum atomic E-state index is 5.29. The zero-order valence-corrected chi connectivity index (χ0v) is 13.1. The van der Waals surface area contributed by atoms with E-state index < -0.39 is 0 Å². The standard InChI is InChI=1S/C17H28N2O/c1-18-17(15-8-4-5-9-15)13-19(2)12-14-7-6-10-16(11-14)20-3/h6-7,10-11,15,17-18H,4-5,8-9,12-13H2,1-3H3. The summed E-state index contributed by atoms with van der Waals surface area (Å²) in [6, 6.07) is 8.98. The zero-order chi connectivity index (χ0) is 14.4. The van der Waals surface area contributed by atoms with Gasteiger partial charge >= 0.3 is 0 Å². The third kappa shape index (κ3) is 4.22. The maximum Gasteiger partial charge on any atom is 0.119 e. The van der Waals surface area contributed by atoms with Gasteiger partial charge in [-0.15, -0.1) is 0 Å². The Labute approximate surface area is 123 Å². The second-order valence-electron chi connectivity index (χ2n) is 5.99. The fourth-order valence-corrected chi connectivity index (χ4v) is 3.32. The lowest BCUT2D eigenvalue weighted by Gasteiger charge is -2.28. The third-order valence-corrected chi connectivity index (χ3v) is 4.43. The number of ether oxygens (including phenoxy) is 1. The predicted octanol–water partition coefficient (Wildman–Crippen LogP) is 2.91. The van der Waals surface area contributed by atoms with E-state index in [4.69, 9.17) is 4.74 Å². The van der Waals surface area contributed by atoms with Crippen LogP contribution in [0.25, 0.3) is 0 Å². The van der Waals surface area contributed by atoms with Crippen LogP contribution in [0.15, 0.2) is 24.3 Å². The predicted molar refractivity (Wildman–Crippen MR) is 84.1 cm³/mol. The lowest BCUT2D eigenvalue weighted by Crippen LogP contribution is -2.42. The molecular formula is C17H28N2O. The molecule has 0 aliphatic heterocycles. The number of nitrogens with zero attached hydrogens (tertiary/aromatic N) is 1. The molecule has 1 atom stereocenters. The van der Waals surface area contributed by atoms with E-state index in [2.05, 4.69) is 42.5 Å². The van der Waals surface area contributed by atoms with Crippen LogP contribution in [0.5, 0.6) is 5.75 Å². The van der Waals surface area contributed by atoms with E-state index in [0.29, 0.717) is 6.04 Å². The van der Waals surface area contributed by atoms with E-state index in [1.807, 2.05) is 6.07 Å². The van der Waals surface area contributed by atoms with Crippen molar-refractivity contribution < 1.29 is 4.74 Å². The topological polar surface area (TPSA) is 24.5 Å². The summed E-state index contributed by atoms with van der Waals surface area (Å²) in [7, 11) is 6.03. The van der Waals surface area contributed by atoms with Gasteiger partial charge in [-0.3, -0.25) is 0 Å². The molecule has 0 radical (unpaired) electrons. The number of methoxy groups -OCH3 is 1. The van der Waals surface area contributed by atoms with Gasteiger partial charge in [0.05, 0.1) is 7.11 Å². The van der Waals surface area contributed by atoms with Crippen LogP contribution >= 0.6 is 0 Å². The Kier molecular flexibility index (Phi) is 5.86. The molecule has 0 amide bonds. The number of rotatable bonds is 7. The minimum absolute atomic E-state index is 0.619. The highest BCUT2D eigenvalue weighted by Crippen LogP contribution is 2.28. The smallest absolute Gasteiger partial charge is 0.119 e. The fourth-order valence-electron chi connectivity index (χ4n) is 3.32. The van der Waals surface area contributed by atoms with Gasteiger partial charge in [0.2, 0.25) is 0 Å². The summed E-state index contributed by atoms with van der Waals surface area (Å²) in [5.74, 6) is 1.80. The average molecular weight is 276 g/mol. The van der Waals surface area contributed by atoms with Crippen LogP contribution in [0.2, 0.25) is 0 Å². The summed E-state index contributed by atoms with van der Waals surface area (Å²) >= 11 is 0. The molecule has 0 heterocycles. The molecule has 0 saturated heterocycles. The molecule has 1 aromatic rings. The van der Waals surface area contributed by atoms with Gasteiger partial charge in [0, 0.05) is 19.1 Å². The van der Waals surface area contributed by atoms with Crippen molar-refractivity contribution in [2.24, 2.45) is 5.92 Å². The van der Waals surface area contributed by atoms with Gasteiger partial charge < -0.3 is 15.0 Å². The molecule has 2 rings (SSSR count). The Morgan fingerprint density at radius 3 is 2.75 bits per heavy atom. The molecule has 1 N–H and O–H groups in total. The van der Waals surface area contributed by atoms with Crippen LogP contribution in [0.1, 0.15) is 31.2 Å². The van der Waals surface area contributed by atoms with Crippen molar-refractivity contribution in [2.45, 2.75) is 38.3 Å². The Hall–Kier alpha value is -1.06. The van der Waals surface area contributed by atoms with Crippen molar-refractivity contribution in [3.8, 4) is 5.75 Å². The quantitative estimate of drug-likeness (QED) is 0.829. The first-order valence-electron chi connectivity index (χ1n) is 7.71. The minimum atomic E-state index is 0.619. The summed E-state index contributed by atoms with van der Waals surface area (Å²) in [5.41, 5.74) is 1.31. The van der Waals surface area contributed by atoms with Gasteiger partial charge in [0.25, 0.3) is 0 Å². The highest BCUT2D eigenvalue weighted by molar-refractivity contribution is 5.28. The van der Waals surface area contributed by atoms with Gasteiger partial charge in [-0.1, -0.05) is 25.0 Å². The van der Waals surface area contributed by atoms with Crippen molar-refractivity contribution in [3.05, 3.63) is 29.8 Å². The normalized spacial score (nSPS) is 17.6. The third-order valence-electron chi connectivity index (χ3n) is 4.43. The van der Waals surface area contributed by atoms with Crippen LogP contribution in [0.3, 0.4) is 0 Å².